The van der Waals surface area contributed by atoms with Crippen molar-refractivity contribution >= 4 is 11.7 Å². The number of hydrogen-bond donors (Lipinski definition) is 2. The molecule has 2 aliphatic rings. The maximum Gasteiger partial charge on any atom is 0.319 e. The minimum absolute atomic E-state index is 0.157. The van der Waals surface area contributed by atoms with Crippen molar-refractivity contribution in [1.82, 2.24) is 5.32 Å². The van der Waals surface area contributed by atoms with Gasteiger partial charge < -0.3 is 29.6 Å². The molecular weight excluding hydrogens is 420 g/mol. The first-order valence-electron chi connectivity index (χ1n) is 11.0. The molecule has 0 unspecified atom stereocenters. The molecule has 3 aromatic carbocycles. The molecule has 0 spiro atoms. The first-order valence-corrected chi connectivity index (χ1v) is 11.0. The quantitative estimate of drug-likeness (QED) is 0.572. The van der Waals surface area contributed by atoms with E-state index < -0.39 is 0 Å². The van der Waals surface area contributed by atoms with Gasteiger partial charge in [0.15, 0.2) is 23.0 Å². The van der Waals surface area contributed by atoms with Crippen LogP contribution < -0.4 is 29.6 Å². The van der Waals surface area contributed by atoms with Crippen LogP contribution >= 0.6 is 0 Å². The second kappa shape index (κ2) is 8.94. The van der Waals surface area contributed by atoms with Crippen LogP contribution in [-0.4, -0.2) is 25.7 Å². The largest absolute Gasteiger partial charge is 0.454 e. The normalized spacial score (nSPS) is 13.3. The van der Waals surface area contributed by atoms with Crippen LogP contribution in [0.1, 0.15) is 22.3 Å². The van der Waals surface area contributed by atoms with Crippen molar-refractivity contribution in [3.63, 3.8) is 0 Å². The standard InChI is InChI=1S/C26H26N2O5/c1-16-3-4-17(2)21(9-16)28-26(29)27-20(10-18-5-7-22-24(12-18)32-14-30-22)11-19-6-8-23-25(13-19)33-15-31-23/h3-9,12-13,20H,10-11,14-15H2,1-2H3,(H2,27,28,29). The molecule has 0 bridgehead atoms. The molecule has 33 heavy (non-hydrogen) atoms. The van der Waals surface area contributed by atoms with Crippen LogP contribution in [0.2, 0.25) is 0 Å². The summed E-state index contributed by atoms with van der Waals surface area (Å²) in [5, 5.41) is 6.15. The molecule has 2 amide bonds. The first-order chi connectivity index (χ1) is 16.0. The number of carbonyl (C=O) groups excluding carboxylic acids is 1. The number of nitrogens with one attached hydrogen (secondary N) is 2. The summed E-state index contributed by atoms with van der Waals surface area (Å²) in [5.74, 6) is 2.95. The predicted octanol–water partition coefficient (Wildman–Crippen LogP) is 4.74. The van der Waals surface area contributed by atoms with E-state index in [0.717, 1.165) is 50.9 Å². The number of rotatable bonds is 6. The lowest BCUT2D eigenvalue weighted by Crippen LogP contribution is -2.40. The molecule has 2 aliphatic heterocycles. The number of aryl methyl sites for hydroxylation is 2. The maximum absolute atomic E-state index is 12.9. The lowest BCUT2D eigenvalue weighted by atomic mass is 9.98. The molecule has 170 valence electrons. The number of ether oxygens (including phenoxy) is 4. The Kier molecular flexibility index (Phi) is 5.69. The van der Waals surface area contributed by atoms with E-state index in [2.05, 4.69) is 10.6 Å². The Balaban J connectivity index is 1.34. The average molecular weight is 447 g/mol. The van der Waals surface area contributed by atoms with E-state index in [9.17, 15) is 4.79 Å². The smallest absolute Gasteiger partial charge is 0.319 e. The molecule has 5 rings (SSSR count). The SMILES string of the molecule is Cc1ccc(C)c(NC(=O)NC(Cc2ccc3c(c2)OCO3)Cc2ccc3c(c2)OCO3)c1. The second-order valence-electron chi connectivity index (χ2n) is 8.40. The molecule has 0 aromatic heterocycles. The molecule has 0 aliphatic carbocycles. The van der Waals surface area contributed by atoms with Crippen LogP contribution in [-0.2, 0) is 12.8 Å². The number of urea groups is 1. The molecule has 0 saturated carbocycles. The Hall–Kier alpha value is -3.87. The van der Waals surface area contributed by atoms with E-state index in [4.69, 9.17) is 18.9 Å². The van der Waals surface area contributed by atoms with E-state index in [1.54, 1.807) is 0 Å². The molecule has 0 atom stereocenters. The zero-order valence-electron chi connectivity index (χ0n) is 18.6. The van der Waals surface area contributed by atoms with Crippen LogP contribution in [0.25, 0.3) is 0 Å². The third kappa shape index (κ3) is 4.82. The molecule has 7 nitrogen and oxygen atoms in total. The highest BCUT2D eigenvalue weighted by atomic mass is 16.7. The maximum atomic E-state index is 12.9. The van der Waals surface area contributed by atoms with Gasteiger partial charge in [-0.2, -0.15) is 0 Å². The van der Waals surface area contributed by atoms with Crippen LogP contribution in [0.15, 0.2) is 54.6 Å². The van der Waals surface area contributed by atoms with Gasteiger partial charge in [-0.15, -0.1) is 0 Å². The minimum Gasteiger partial charge on any atom is -0.454 e. The fourth-order valence-electron chi connectivity index (χ4n) is 4.09. The Labute approximate surface area is 192 Å². The van der Waals surface area contributed by atoms with Crippen molar-refractivity contribution in [2.24, 2.45) is 0 Å². The lowest BCUT2D eigenvalue weighted by Gasteiger charge is -2.20. The number of fused-ring (bicyclic) bond motifs is 2. The van der Waals surface area contributed by atoms with Crippen LogP contribution in [0.3, 0.4) is 0 Å². The van der Waals surface area contributed by atoms with Gasteiger partial charge in [0.25, 0.3) is 0 Å². The van der Waals surface area contributed by atoms with Crippen molar-refractivity contribution in [2.45, 2.75) is 32.7 Å². The summed E-state index contributed by atoms with van der Waals surface area (Å²) in [7, 11) is 0. The summed E-state index contributed by atoms with van der Waals surface area (Å²) in [5.41, 5.74) is 5.01. The van der Waals surface area contributed by atoms with E-state index in [-0.39, 0.29) is 25.7 Å². The minimum atomic E-state index is -0.241. The topological polar surface area (TPSA) is 78.1 Å². The predicted molar refractivity (Wildman–Crippen MR) is 124 cm³/mol. The number of carbonyl (C=O) groups is 1. The zero-order chi connectivity index (χ0) is 22.8. The molecule has 3 aromatic rings. The fraction of sp³-hybridized carbons (Fsp3) is 0.269. The van der Waals surface area contributed by atoms with Crippen LogP contribution in [0, 0.1) is 13.8 Å². The van der Waals surface area contributed by atoms with Crippen LogP contribution in [0.4, 0.5) is 10.5 Å². The number of hydrogen-bond acceptors (Lipinski definition) is 5. The van der Waals surface area contributed by atoms with Gasteiger partial charge >= 0.3 is 6.03 Å². The highest BCUT2D eigenvalue weighted by molar-refractivity contribution is 5.90. The second-order valence-corrected chi connectivity index (χ2v) is 8.40. The first kappa shape index (κ1) is 21.0. The number of amides is 2. The van der Waals surface area contributed by atoms with Gasteiger partial charge in [-0.3, -0.25) is 0 Å². The van der Waals surface area contributed by atoms with Crippen LogP contribution in [0.5, 0.6) is 23.0 Å². The molecule has 7 heteroatoms. The molecule has 2 N–H and O–H groups in total. The molecule has 0 radical (unpaired) electrons. The summed E-state index contributed by atoms with van der Waals surface area (Å²) in [4.78, 5) is 12.9. The van der Waals surface area contributed by atoms with E-state index >= 15 is 0 Å². The van der Waals surface area contributed by atoms with Gasteiger partial charge in [-0.25, -0.2) is 4.79 Å². The zero-order valence-corrected chi connectivity index (χ0v) is 18.6. The summed E-state index contributed by atoms with van der Waals surface area (Å²) in [6, 6.07) is 17.4. The van der Waals surface area contributed by atoms with Gasteiger partial charge in [0.05, 0.1) is 0 Å². The Bertz CT molecular complexity index is 1130. The Morgan fingerprint density at radius 2 is 1.36 bits per heavy atom. The highest BCUT2D eigenvalue weighted by Gasteiger charge is 2.20. The summed E-state index contributed by atoms with van der Waals surface area (Å²) in [6.45, 7) is 4.45. The summed E-state index contributed by atoms with van der Waals surface area (Å²) < 4.78 is 21.9. The van der Waals surface area contributed by atoms with Gasteiger partial charge in [0.1, 0.15) is 0 Å². The number of anilines is 1. The Morgan fingerprint density at radius 3 is 1.97 bits per heavy atom. The summed E-state index contributed by atoms with van der Waals surface area (Å²) >= 11 is 0. The summed E-state index contributed by atoms with van der Waals surface area (Å²) in [6.07, 6.45) is 1.26. The van der Waals surface area contributed by atoms with E-state index in [1.165, 1.54) is 0 Å². The van der Waals surface area contributed by atoms with Crippen molar-refractivity contribution in [2.75, 3.05) is 18.9 Å². The van der Waals surface area contributed by atoms with Crippen molar-refractivity contribution in [3.05, 3.63) is 76.9 Å². The van der Waals surface area contributed by atoms with Gasteiger partial charge in [0, 0.05) is 11.7 Å². The molecule has 0 saturated heterocycles. The van der Waals surface area contributed by atoms with Gasteiger partial charge in [0.2, 0.25) is 13.6 Å². The average Bonchev–Trinajstić information content (AvgIpc) is 3.44. The van der Waals surface area contributed by atoms with Crippen molar-refractivity contribution in [3.8, 4) is 23.0 Å². The van der Waals surface area contributed by atoms with Gasteiger partial charge in [-0.1, -0.05) is 24.3 Å². The van der Waals surface area contributed by atoms with E-state index in [1.807, 2.05) is 68.4 Å². The fourth-order valence-corrected chi connectivity index (χ4v) is 4.09. The Morgan fingerprint density at radius 1 is 0.788 bits per heavy atom. The molecule has 2 heterocycles. The third-order valence-electron chi connectivity index (χ3n) is 5.81. The third-order valence-corrected chi connectivity index (χ3v) is 5.81. The van der Waals surface area contributed by atoms with Crippen molar-refractivity contribution < 1.29 is 23.7 Å². The molecule has 0 fully saturated rings. The monoisotopic (exact) mass is 446 g/mol. The highest BCUT2D eigenvalue weighted by Crippen LogP contribution is 2.34. The number of benzene rings is 3. The van der Waals surface area contributed by atoms with Crippen molar-refractivity contribution in [1.29, 1.82) is 0 Å². The van der Waals surface area contributed by atoms with Gasteiger partial charge in [-0.05, 0) is 79.3 Å². The lowest BCUT2D eigenvalue weighted by molar-refractivity contribution is 0.173. The molecular formula is C26H26N2O5. The van der Waals surface area contributed by atoms with E-state index in [0.29, 0.717) is 12.8 Å².